The maximum absolute atomic E-state index is 13.4. The lowest BCUT2D eigenvalue weighted by molar-refractivity contribution is 0.0978. The van der Waals surface area contributed by atoms with Crippen LogP contribution < -0.4 is 9.46 Å². The molecule has 216 valence electrons. The maximum Gasteiger partial charge on any atom is 0.281 e. The lowest BCUT2D eigenvalue weighted by Crippen LogP contribution is -2.31. The second kappa shape index (κ2) is 12.3. The molecule has 0 saturated heterocycles. The van der Waals surface area contributed by atoms with Crippen molar-refractivity contribution in [1.29, 1.82) is 0 Å². The van der Waals surface area contributed by atoms with Gasteiger partial charge in [-0.25, -0.2) is 14.7 Å². The van der Waals surface area contributed by atoms with Crippen LogP contribution in [0.1, 0.15) is 50.4 Å². The molecule has 0 bridgehead atoms. The molecule has 0 unspecified atom stereocenters. The number of aryl methyl sites for hydroxylation is 4. The van der Waals surface area contributed by atoms with Crippen molar-refractivity contribution in [2.24, 2.45) is 0 Å². The molecule has 2 aromatic heterocycles. The molecule has 42 heavy (non-hydrogen) atoms. The Morgan fingerprint density at radius 2 is 1.67 bits per heavy atom. The molecule has 0 aliphatic carbocycles. The fourth-order valence-corrected chi connectivity index (χ4v) is 6.10. The summed E-state index contributed by atoms with van der Waals surface area (Å²) in [5.41, 5.74) is 6.38. The minimum Gasteiger partial charge on any atom is -0.438 e. The topological polar surface area (TPSA) is 101 Å². The van der Waals surface area contributed by atoms with Gasteiger partial charge < -0.3 is 4.74 Å². The Morgan fingerprint density at radius 1 is 0.929 bits per heavy atom. The third-order valence-corrected chi connectivity index (χ3v) is 8.38. The van der Waals surface area contributed by atoms with Gasteiger partial charge in [0.05, 0.1) is 5.69 Å². The summed E-state index contributed by atoms with van der Waals surface area (Å²) in [6.07, 6.45) is 2.93. The standard InChI is InChI=1S/C33H34N4O4S/c1-22-19-23(2)31(24(3)20-22)41-33-28(32(38)36-42(39,40)30-12-8-9-25(4)34-30)13-14-29(35-33)27-15-17-37(18-16-27)21-26-10-6-5-7-11-26/h5-15,19-20H,16-18,21H2,1-4H3,(H,36,38). The van der Waals surface area contributed by atoms with Gasteiger partial charge in [0.2, 0.25) is 5.88 Å². The summed E-state index contributed by atoms with van der Waals surface area (Å²) in [5, 5.41) is -0.236. The minimum atomic E-state index is -4.22. The number of rotatable bonds is 8. The van der Waals surface area contributed by atoms with Crippen LogP contribution in [0.15, 0.2) is 83.9 Å². The van der Waals surface area contributed by atoms with Gasteiger partial charge in [0.25, 0.3) is 15.9 Å². The lowest BCUT2D eigenvalue weighted by Gasteiger charge is -2.26. The van der Waals surface area contributed by atoms with Gasteiger partial charge in [0.15, 0.2) is 5.03 Å². The third kappa shape index (κ3) is 6.75. The highest BCUT2D eigenvalue weighted by Gasteiger charge is 2.25. The van der Waals surface area contributed by atoms with Crippen LogP contribution in [0, 0.1) is 27.7 Å². The van der Waals surface area contributed by atoms with Gasteiger partial charge in [-0.15, -0.1) is 0 Å². The van der Waals surface area contributed by atoms with E-state index >= 15 is 0 Å². The lowest BCUT2D eigenvalue weighted by atomic mass is 10.0. The fourth-order valence-electron chi connectivity index (χ4n) is 5.12. The predicted octanol–water partition coefficient (Wildman–Crippen LogP) is 5.91. The normalized spacial score (nSPS) is 13.9. The average molecular weight is 583 g/mol. The van der Waals surface area contributed by atoms with Crippen LogP contribution >= 0.6 is 0 Å². The van der Waals surface area contributed by atoms with Gasteiger partial charge in [-0.1, -0.05) is 60.2 Å². The number of ether oxygens (including phenoxy) is 1. The van der Waals surface area contributed by atoms with Crippen molar-refractivity contribution >= 4 is 21.5 Å². The van der Waals surface area contributed by atoms with E-state index in [9.17, 15) is 13.2 Å². The molecular formula is C33H34N4O4S. The first kappa shape index (κ1) is 29.2. The van der Waals surface area contributed by atoms with Gasteiger partial charge in [-0.2, -0.15) is 8.42 Å². The van der Waals surface area contributed by atoms with Crippen LogP contribution in [0.4, 0.5) is 0 Å². The zero-order valence-corrected chi connectivity index (χ0v) is 25.0. The molecule has 2 aromatic carbocycles. The monoisotopic (exact) mass is 582 g/mol. The number of benzene rings is 2. The third-order valence-electron chi connectivity index (χ3n) is 7.14. The van der Waals surface area contributed by atoms with Gasteiger partial charge in [-0.3, -0.25) is 9.69 Å². The van der Waals surface area contributed by atoms with Crippen molar-refractivity contribution in [1.82, 2.24) is 19.6 Å². The van der Waals surface area contributed by atoms with E-state index in [-0.39, 0.29) is 16.5 Å². The van der Waals surface area contributed by atoms with E-state index in [0.29, 0.717) is 17.1 Å². The minimum absolute atomic E-state index is 0.0106. The molecule has 4 aromatic rings. The number of hydrogen-bond donors (Lipinski definition) is 1. The number of nitrogens with zero attached hydrogens (tertiary/aromatic N) is 3. The summed E-state index contributed by atoms with van der Waals surface area (Å²) in [6.45, 7) is 10.0. The number of carbonyl (C=O) groups is 1. The Bertz CT molecular complexity index is 1750. The Balaban J connectivity index is 1.45. The van der Waals surface area contributed by atoms with E-state index in [1.54, 1.807) is 31.2 Å². The molecule has 8 nitrogen and oxygen atoms in total. The van der Waals surface area contributed by atoms with E-state index in [2.05, 4.69) is 32.8 Å². The highest BCUT2D eigenvalue weighted by atomic mass is 32.2. The molecule has 0 saturated carbocycles. The Morgan fingerprint density at radius 3 is 2.33 bits per heavy atom. The van der Waals surface area contributed by atoms with E-state index in [0.717, 1.165) is 48.3 Å². The highest BCUT2D eigenvalue weighted by Crippen LogP contribution is 2.33. The molecular weight excluding hydrogens is 548 g/mol. The Labute approximate surface area is 247 Å². The van der Waals surface area contributed by atoms with Crippen LogP contribution in [-0.4, -0.2) is 42.3 Å². The number of sulfonamides is 1. The Kier molecular flexibility index (Phi) is 8.51. The zero-order chi connectivity index (χ0) is 29.9. The summed E-state index contributed by atoms with van der Waals surface area (Å²) in [5.74, 6) is -0.226. The van der Waals surface area contributed by atoms with Crippen molar-refractivity contribution in [3.8, 4) is 11.6 Å². The van der Waals surface area contributed by atoms with Crippen molar-refractivity contribution in [3.05, 3.63) is 118 Å². The quantitative estimate of drug-likeness (QED) is 0.276. The molecule has 0 radical (unpaired) electrons. The summed E-state index contributed by atoms with van der Waals surface area (Å²) in [6, 6.07) is 22.3. The van der Waals surface area contributed by atoms with Crippen LogP contribution in [-0.2, 0) is 16.6 Å². The molecule has 3 heterocycles. The van der Waals surface area contributed by atoms with Crippen molar-refractivity contribution in [2.45, 2.75) is 45.7 Å². The first-order chi connectivity index (χ1) is 20.1. The molecule has 1 aliphatic rings. The van der Waals surface area contributed by atoms with E-state index < -0.39 is 15.9 Å². The molecule has 0 fully saturated rings. The zero-order valence-electron chi connectivity index (χ0n) is 24.2. The van der Waals surface area contributed by atoms with Crippen LogP contribution in [0.2, 0.25) is 0 Å². The number of carbonyl (C=O) groups excluding carboxylic acids is 1. The Hall–Kier alpha value is -4.34. The molecule has 5 rings (SSSR count). The van der Waals surface area contributed by atoms with Crippen molar-refractivity contribution in [2.75, 3.05) is 13.1 Å². The van der Waals surface area contributed by atoms with Gasteiger partial charge in [0.1, 0.15) is 11.3 Å². The molecule has 1 aliphatic heterocycles. The largest absolute Gasteiger partial charge is 0.438 e. The second-order valence-electron chi connectivity index (χ2n) is 10.6. The fraction of sp³-hybridized carbons (Fsp3) is 0.242. The van der Waals surface area contributed by atoms with Crippen LogP contribution in [0.25, 0.3) is 5.57 Å². The van der Waals surface area contributed by atoms with Gasteiger partial charge in [-0.05, 0) is 80.6 Å². The molecule has 1 amide bonds. The van der Waals surface area contributed by atoms with Gasteiger partial charge >= 0.3 is 0 Å². The van der Waals surface area contributed by atoms with E-state index in [1.807, 2.05) is 51.1 Å². The summed E-state index contributed by atoms with van der Waals surface area (Å²) in [7, 11) is -4.22. The number of pyridine rings is 2. The molecule has 9 heteroatoms. The first-order valence-electron chi connectivity index (χ1n) is 13.8. The second-order valence-corrected chi connectivity index (χ2v) is 12.3. The number of nitrogens with one attached hydrogen (secondary N) is 1. The van der Waals surface area contributed by atoms with Crippen LogP contribution in [0.5, 0.6) is 11.6 Å². The van der Waals surface area contributed by atoms with Crippen LogP contribution in [0.3, 0.4) is 0 Å². The van der Waals surface area contributed by atoms with E-state index in [4.69, 9.17) is 9.72 Å². The molecule has 0 atom stereocenters. The molecule has 1 N–H and O–H groups in total. The highest BCUT2D eigenvalue weighted by molar-refractivity contribution is 7.90. The van der Waals surface area contributed by atoms with Crippen molar-refractivity contribution < 1.29 is 17.9 Å². The van der Waals surface area contributed by atoms with E-state index in [1.165, 1.54) is 11.6 Å². The SMILES string of the molecule is Cc1cc(C)c(Oc2nc(C3=CCN(Cc4ccccc4)CC3)ccc2C(=O)NS(=O)(=O)c2cccc(C)n2)c(C)c1. The van der Waals surface area contributed by atoms with Crippen molar-refractivity contribution in [3.63, 3.8) is 0 Å². The first-order valence-corrected chi connectivity index (χ1v) is 15.3. The number of aromatic nitrogens is 2. The smallest absolute Gasteiger partial charge is 0.281 e. The summed E-state index contributed by atoms with van der Waals surface area (Å²) < 4.78 is 34.4. The van der Waals surface area contributed by atoms with Gasteiger partial charge in [0, 0.05) is 25.3 Å². The number of hydrogen-bond acceptors (Lipinski definition) is 7. The summed E-state index contributed by atoms with van der Waals surface area (Å²) in [4.78, 5) is 24.6. The number of amides is 1. The molecule has 0 spiro atoms. The summed E-state index contributed by atoms with van der Waals surface area (Å²) >= 11 is 0. The predicted molar refractivity (Wildman–Crippen MR) is 163 cm³/mol. The average Bonchev–Trinajstić information content (AvgIpc) is 2.95. The maximum atomic E-state index is 13.4.